The molecule has 5 heteroatoms. The van der Waals surface area contributed by atoms with Crippen molar-refractivity contribution in [1.29, 1.82) is 0 Å². The molecular formula is C16H16N2O2S. The minimum atomic E-state index is 0.408. The van der Waals surface area contributed by atoms with Crippen LogP contribution in [0, 0.1) is 0 Å². The first-order valence-corrected chi connectivity index (χ1v) is 7.58. The van der Waals surface area contributed by atoms with E-state index >= 15 is 0 Å². The van der Waals surface area contributed by atoms with Crippen molar-refractivity contribution in [2.75, 3.05) is 12.8 Å². The highest BCUT2D eigenvalue weighted by Gasteiger charge is 2.20. The lowest BCUT2D eigenvalue weighted by atomic mass is 10.0. The summed E-state index contributed by atoms with van der Waals surface area (Å²) in [4.78, 5) is 1.09. The summed E-state index contributed by atoms with van der Waals surface area (Å²) in [6.07, 6.45) is 0.946. The zero-order valence-corrected chi connectivity index (χ0v) is 12.7. The van der Waals surface area contributed by atoms with Crippen LogP contribution in [0.1, 0.15) is 12.5 Å². The van der Waals surface area contributed by atoms with Gasteiger partial charge in [0.1, 0.15) is 5.75 Å². The van der Waals surface area contributed by atoms with E-state index in [1.54, 1.807) is 18.4 Å². The summed E-state index contributed by atoms with van der Waals surface area (Å²) in [6, 6.07) is 9.84. The van der Waals surface area contributed by atoms with E-state index in [1.807, 2.05) is 24.3 Å². The molecule has 0 saturated heterocycles. The third kappa shape index (κ3) is 2.40. The summed E-state index contributed by atoms with van der Waals surface area (Å²) in [5.41, 5.74) is 9.07. The molecule has 2 N–H and O–H groups in total. The number of benzene rings is 1. The van der Waals surface area contributed by atoms with Gasteiger partial charge in [-0.3, -0.25) is 0 Å². The zero-order valence-electron chi connectivity index (χ0n) is 11.9. The average molecular weight is 300 g/mol. The van der Waals surface area contributed by atoms with Crippen molar-refractivity contribution in [3.63, 3.8) is 0 Å². The van der Waals surface area contributed by atoms with Crippen LogP contribution in [0.5, 0.6) is 5.75 Å². The van der Waals surface area contributed by atoms with Gasteiger partial charge in [-0.1, -0.05) is 24.2 Å². The number of nitrogen functional groups attached to an aromatic ring is 1. The second-order valence-electron chi connectivity index (χ2n) is 4.63. The van der Waals surface area contributed by atoms with Crippen LogP contribution < -0.4 is 10.5 Å². The average Bonchev–Trinajstić information content (AvgIpc) is 3.13. The van der Waals surface area contributed by atoms with Gasteiger partial charge in [-0.15, -0.1) is 11.3 Å². The molecule has 0 aliphatic heterocycles. The van der Waals surface area contributed by atoms with Crippen LogP contribution in [-0.4, -0.2) is 12.3 Å². The fraction of sp³-hybridized carbons (Fsp3) is 0.188. The summed E-state index contributed by atoms with van der Waals surface area (Å²) in [5.74, 6) is 1.95. The van der Waals surface area contributed by atoms with Crippen molar-refractivity contribution in [3.05, 3.63) is 41.3 Å². The van der Waals surface area contributed by atoms with Crippen molar-refractivity contribution in [1.82, 2.24) is 5.16 Å². The van der Waals surface area contributed by atoms with Gasteiger partial charge in [-0.2, -0.15) is 0 Å². The van der Waals surface area contributed by atoms with E-state index in [1.165, 1.54) is 5.56 Å². The Kier molecular flexibility index (Phi) is 3.66. The fourth-order valence-electron chi connectivity index (χ4n) is 2.31. The molecule has 0 unspecified atom stereocenters. The molecule has 1 aromatic carbocycles. The van der Waals surface area contributed by atoms with Gasteiger partial charge < -0.3 is 15.0 Å². The van der Waals surface area contributed by atoms with Crippen LogP contribution in [-0.2, 0) is 6.42 Å². The molecule has 2 aromatic heterocycles. The second kappa shape index (κ2) is 5.61. The van der Waals surface area contributed by atoms with Crippen LogP contribution in [0.15, 0.2) is 40.2 Å². The van der Waals surface area contributed by atoms with Gasteiger partial charge in [0, 0.05) is 0 Å². The Hall–Kier alpha value is -2.27. The Balaban J connectivity index is 2.12. The minimum absolute atomic E-state index is 0.408. The first-order valence-electron chi connectivity index (χ1n) is 6.71. The van der Waals surface area contributed by atoms with Crippen LogP contribution in [0.2, 0.25) is 0 Å². The van der Waals surface area contributed by atoms with Crippen molar-refractivity contribution in [3.8, 4) is 27.5 Å². The number of nitrogens with two attached hydrogens (primary N) is 1. The standard InChI is InChI=1S/C16H16N2O2S/c1-3-10-8-9-21-15(10)14-13(16(17)18-20-14)11-4-6-12(19-2)7-5-11/h4-9H,3H2,1-2H3,(H2,17,18). The quantitative estimate of drug-likeness (QED) is 0.783. The molecule has 2 heterocycles. The van der Waals surface area contributed by atoms with Crippen LogP contribution in [0.25, 0.3) is 21.8 Å². The van der Waals surface area contributed by atoms with Gasteiger partial charge in [0.2, 0.25) is 0 Å². The SMILES string of the molecule is CCc1ccsc1-c1onc(N)c1-c1ccc(OC)cc1. The molecule has 3 rings (SSSR count). The first-order chi connectivity index (χ1) is 10.2. The fourth-order valence-corrected chi connectivity index (χ4v) is 3.29. The van der Waals surface area contributed by atoms with E-state index in [0.29, 0.717) is 5.82 Å². The lowest BCUT2D eigenvalue weighted by Crippen LogP contribution is -1.89. The maximum atomic E-state index is 6.01. The van der Waals surface area contributed by atoms with Gasteiger partial charge in [0.25, 0.3) is 0 Å². The molecular weight excluding hydrogens is 284 g/mol. The van der Waals surface area contributed by atoms with E-state index in [2.05, 4.69) is 23.5 Å². The summed E-state index contributed by atoms with van der Waals surface area (Å²) in [7, 11) is 1.65. The van der Waals surface area contributed by atoms with Crippen molar-refractivity contribution in [2.24, 2.45) is 0 Å². The maximum Gasteiger partial charge on any atom is 0.187 e. The number of hydrogen-bond acceptors (Lipinski definition) is 5. The molecule has 0 amide bonds. The molecule has 0 fully saturated rings. The Labute approximate surface area is 127 Å². The molecule has 0 radical (unpaired) electrons. The molecule has 0 bridgehead atoms. The number of ether oxygens (including phenoxy) is 1. The monoisotopic (exact) mass is 300 g/mol. The topological polar surface area (TPSA) is 61.3 Å². The van der Waals surface area contributed by atoms with Gasteiger partial charge >= 0.3 is 0 Å². The molecule has 108 valence electrons. The van der Waals surface area contributed by atoms with Crippen LogP contribution >= 0.6 is 11.3 Å². The molecule has 0 aliphatic rings. The van der Waals surface area contributed by atoms with Gasteiger partial charge in [0.15, 0.2) is 11.6 Å². The van der Waals surface area contributed by atoms with E-state index < -0.39 is 0 Å². The Morgan fingerprint density at radius 1 is 1.24 bits per heavy atom. The summed E-state index contributed by atoms with van der Waals surface area (Å²) in [5, 5.41) is 6.01. The largest absolute Gasteiger partial charge is 0.497 e. The molecule has 0 spiro atoms. The van der Waals surface area contributed by atoms with Gasteiger partial charge in [0.05, 0.1) is 17.6 Å². The predicted molar refractivity (Wildman–Crippen MR) is 85.6 cm³/mol. The molecule has 3 aromatic rings. The number of methoxy groups -OCH3 is 1. The van der Waals surface area contributed by atoms with Crippen molar-refractivity contribution < 1.29 is 9.26 Å². The lowest BCUT2D eigenvalue weighted by Gasteiger charge is -2.04. The summed E-state index contributed by atoms with van der Waals surface area (Å²) in [6.45, 7) is 2.12. The van der Waals surface area contributed by atoms with Gasteiger partial charge in [-0.05, 0) is 41.1 Å². The summed E-state index contributed by atoms with van der Waals surface area (Å²) < 4.78 is 10.7. The van der Waals surface area contributed by atoms with Crippen molar-refractivity contribution >= 4 is 17.2 Å². The van der Waals surface area contributed by atoms with Crippen molar-refractivity contribution in [2.45, 2.75) is 13.3 Å². The minimum Gasteiger partial charge on any atom is -0.497 e. The molecule has 4 nitrogen and oxygen atoms in total. The van der Waals surface area contributed by atoms with E-state index in [0.717, 1.165) is 33.9 Å². The number of aryl methyl sites for hydroxylation is 1. The summed E-state index contributed by atoms with van der Waals surface area (Å²) >= 11 is 1.64. The smallest absolute Gasteiger partial charge is 0.187 e. The molecule has 0 saturated carbocycles. The highest BCUT2D eigenvalue weighted by atomic mass is 32.1. The second-order valence-corrected chi connectivity index (χ2v) is 5.55. The molecule has 0 aliphatic carbocycles. The molecule has 0 atom stereocenters. The number of rotatable bonds is 4. The van der Waals surface area contributed by atoms with Crippen LogP contribution in [0.3, 0.4) is 0 Å². The third-order valence-electron chi connectivity index (χ3n) is 3.43. The highest BCUT2D eigenvalue weighted by molar-refractivity contribution is 7.13. The number of aromatic nitrogens is 1. The molecule has 21 heavy (non-hydrogen) atoms. The van der Waals surface area contributed by atoms with Gasteiger partial charge in [-0.25, -0.2) is 0 Å². The number of nitrogens with zero attached hydrogens (tertiary/aromatic N) is 1. The van der Waals surface area contributed by atoms with E-state index in [-0.39, 0.29) is 0 Å². The normalized spacial score (nSPS) is 10.8. The first kappa shape index (κ1) is 13.7. The Morgan fingerprint density at radius 3 is 2.67 bits per heavy atom. The number of hydrogen-bond donors (Lipinski definition) is 1. The highest BCUT2D eigenvalue weighted by Crippen LogP contribution is 2.40. The lowest BCUT2D eigenvalue weighted by molar-refractivity contribution is 0.415. The Bertz CT molecular complexity index is 744. The van der Waals surface area contributed by atoms with E-state index in [4.69, 9.17) is 15.0 Å². The number of anilines is 1. The zero-order chi connectivity index (χ0) is 14.8. The number of thiophene rings is 1. The van der Waals surface area contributed by atoms with E-state index in [9.17, 15) is 0 Å². The third-order valence-corrected chi connectivity index (χ3v) is 4.39. The maximum absolute atomic E-state index is 6.01. The Morgan fingerprint density at radius 2 is 2.00 bits per heavy atom. The van der Waals surface area contributed by atoms with Crippen LogP contribution in [0.4, 0.5) is 5.82 Å². The predicted octanol–water partition coefficient (Wildman–Crippen LogP) is 4.22.